The highest BCUT2D eigenvalue weighted by Gasteiger charge is 2.14. The Morgan fingerprint density at radius 1 is 1.23 bits per heavy atom. The molecule has 0 heterocycles. The van der Waals surface area contributed by atoms with Crippen molar-refractivity contribution in [3.63, 3.8) is 0 Å². The molecule has 22 heavy (non-hydrogen) atoms. The van der Waals surface area contributed by atoms with E-state index in [2.05, 4.69) is 5.32 Å². The second-order valence-corrected chi connectivity index (χ2v) is 6.43. The molecule has 2 rings (SSSR count). The third-order valence-corrected chi connectivity index (χ3v) is 4.15. The van der Waals surface area contributed by atoms with E-state index in [-0.39, 0.29) is 18.3 Å². The van der Waals surface area contributed by atoms with E-state index in [0.29, 0.717) is 9.13 Å². The summed E-state index contributed by atoms with van der Waals surface area (Å²) in [6.07, 6.45) is -0.777. The van der Waals surface area contributed by atoms with Crippen molar-refractivity contribution >= 4 is 28.5 Å². The molecule has 0 saturated heterocycles. The lowest BCUT2D eigenvalue weighted by Gasteiger charge is -2.14. The molecule has 0 aliphatic rings. The van der Waals surface area contributed by atoms with Gasteiger partial charge >= 0.3 is 0 Å². The van der Waals surface area contributed by atoms with Gasteiger partial charge in [0.25, 0.3) is 5.91 Å². The predicted molar refractivity (Wildman–Crippen MR) is 92.3 cm³/mol. The van der Waals surface area contributed by atoms with E-state index in [9.17, 15) is 14.3 Å². The Balaban J connectivity index is 2.04. The SMILES string of the molecule is Cc1cc(C)cc(C(O)CNC(=O)c2ccc(F)cc2I)c1. The Morgan fingerprint density at radius 3 is 2.45 bits per heavy atom. The summed E-state index contributed by atoms with van der Waals surface area (Å²) in [4.78, 5) is 12.1. The topological polar surface area (TPSA) is 49.3 Å². The molecule has 1 atom stereocenters. The number of benzene rings is 2. The molecule has 0 aromatic heterocycles. The molecule has 2 aromatic rings. The van der Waals surface area contributed by atoms with E-state index >= 15 is 0 Å². The Hall–Kier alpha value is -1.47. The number of carbonyl (C=O) groups is 1. The minimum Gasteiger partial charge on any atom is -0.387 e. The summed E-state index contributed by atoms with van der Waals surface area (Å²) in [6, 6.07) is 9.80. The number of nitrogens with one attached hydrogen (secondary N) is 1. The van der Waals surface area contributed by atoms with Crippen LogP contribution < -0.4 is 5.32 Å². The lowest BCUT2D eigenvalue weighted by Crippen LogP contribution is -2.29. The van der Waals surface area contributed by atoms with Gasteiger partial charge in [0.2, 0.25) is 0 Å². The van der Waals surface area contributed by atoms with Crippen molar-refractivity contribution < 1.29 is 14.3 Å². The Labute approximate surface area is 142 Å². The minimum atomic E-state index is -0.777. The maximum absolute atomic E-state index is 13.0. The molecule has 0 aliphatic carbocycles. The van der Waals surface area contributed by atoms with E-state index in [1.54, 1.807) is 0 Å². The first-order valence-electron chi connectivity index (χ1n) is 6.86. The highest BCUT2D eigenvalue weighted by atomic mass is 127. The molecule has 2 aromatic carbocycles. The number of carbonyl (C=O) groups excluding carboxylic acids is 1. The number of amides is 1. The number of hydrogen-bond acceptors (Lipinski definition) is 2. The molecule has 1 unspecified atom stereocenters. The Bertz CT molecular complexity index is 683. The fraction of sp³-hybridized carbons (Fsp3) is 0.235. The van der Waals surface area contributed by atoms with Crippen molar-refractivity contribution in [2.24, 2.45) is 0 Å². The zero-order valence-corrected chi connectivity index (χ0v) is 14.5. The second-order valence-electron chi connectivity index (χ2n) is 5.27. The molecule has 0 bridgehead atoms. The highest BCUT2D eigenvalue weighted by Crippen LogP contribution is 2.17. The molecule has 0 saturated carbocycles. The molecule has 0 radical (unpaired) electrons. The van der Waals surface area contributed by atoms with Crippen molar-refractivity contribution in [1.29, 1.82) is 0 Å². The van der Waals surface area contributed by atoms with Gasteiger partial charge in [0, 0.05) is 10.1 Å². The molecule has 0 spiro atoms. The van der Waals surface area contributed by atoms with Crippen molar-refractivity contribution in [1.82, 2.24) is 5.32 Å². The predicted octanol–water partition coefficient (Wildman–Crippen LogP) is 3.51. The van der Waals surface area contributed by atoms with Crippen LogP contribution in [-0.2, 0) is 0 Å². The van der Waals surface area contributed by atoms with Gasteiger partial charge in [-0.2, -0.15) is 0 Å². The standard InChI is InChI=1S/C17H17FINO2/c1-10-5-11(2)7-12(6-10)16(21)9-20-17(22)14-4-3-13(18)8-15(14)19/h3-8,16,21H,9H2,1-2H3,(H,20,22). The number of aliphatic hydroxyl groups is 1. The lowest BCUT2D eigenvalue weighted by molar-refractivity contribution is 0.0915. The second kappa shape index (κ2) is 7.19. The number of halogens is 2. The zero-order valence-electron chi connectivity index (χ0n) is 12.4. The van der Waals surface area contributed by atoms with Gasteiger partial charge in [-0.05, 0) is 60.2 Å². The summed E-state index contributed by atoms with van der Waals surface area (Å²) in [5.41, 5.74) is 3.29. The van der Waals surface area contributed by atoms with Crippen molar-refractivity contribution in [3.8, 4) is 0 Å². The number of aryl methyl sites for hydroxylation is 2. The average molecular weight is 413 g/mol. The maximum atomic E-state index is 13.0. The minimum absolute atomic E-state index is 0.106. The Kier molecular flexibility index (Phi) is 5.52. The molecular weight excluding hydrogens is 396 g/mol. The van der Waals surface area contributed by atoms with Crippen molar-refractivity contribution in [2.45, 2.75) is 20.0 Å². The average Bonchev–Trinajstić information content (AvgIpc) is 2.43. The van der Waals surface area contributed by atoms with Crippen LogP contribution in [-0.4, -0.2) is 17.6 Å². The van der Waals surface area contributed by atoms with Crippen LogP contribution in [0.4, 0.5) is 4.39 Å². The van der Waals surface area contributed by atoms with E-state index in [1.807, 2.05) is 54.6 Å². The van der Waals surface area contributed by atoms with Crippen LogP contribution in [0.2, 0.25) is 0 Å². The maximum Gasteiger partial charge on any atom is 0.252 e. The molecule has 1 amide bonds. The van der Waals surface area contributed by atoms with Crippen LogP contribution in [0, 0.1) is 23.2 Å². The third kappa shape index (κ3) is 4.27. The van der Waals surface area contributed by atoms with Crippen molar-refractivity contribution in [3.05, 3.63) is 68.0 Å². The summed E-state index contributed by atoms with van der Waals surface area (Å²) in [5, 5.41) is 12.9. The van der Waals surface area contributed by atoms with Gasteiger partial charge in [0.15, 0.2) is 0 Å². The number of hydrogen-bond donors (Lipinski definition) is 2. The van der Waals surface area contributed by atoms with Gasteiger partial charge in [-0.15, -0.1) is 0 Å². The first kappa shape index (κ1) is 16.9. The largest absolute Gasteiger partial charge is 0.387 e. The smallest absolute Gasteiger partial charge is 0.252 e. The highest BCUT2D eigenvalue weighted by molar-refractivity contribution is 14.1. The first-order valence-corrected chi connectivity index (χ1v) is 7.94. The summed E-state index contributed by atoms with van der Waals surface area (Å²) in [7, 11) is 0. The quantitative estimate of drug-likeness (QED) is 0.754. The van der Waals surface area contributed by atoms with Crippen LogP contribution in [0.3, 0.4) is 0 Å². The molecule has 0 aliphatic heterocycles. The van der Waals surface area contributed by atoms with E-state index in [0.717, 1.165) is 16.7 Å². The molecule has 2 N–H and O–H groups in total. The van der Waals surface area contributed by atoms with E-state index < -0.39 is 6.10 Å². The van der Waals surface area contributed by atoms with Crippen LogP contribution in [0.1, 0.15) is 33.2 Å². The fourth-order valence-corrected chi connectivity index (χ4v) is 3.00. The van der Waals surface area contributed by atoms with Gasteiger partial charge in [-0.3, -0.25) is 4.79 Å². The van der Waals surface area contributed by atoms with Crippen LogP contribution in [0.15, 0.2) is 36.4 Å². The van der Waals surface area contributed by atoms with Gasteiger partial charge < -0.3 is 10.4 Å². The molecule has 3 nitrogen and oxygen atoms in total. The van der Waals surface area contributed by atoms with Crippen LogP contribution in [0.5, 0.6) is 0 Å². The normalized spacial score (nSPS) is 12.0. The first-order chi connectivity index (χ1) is 10.4. The van der Waals surface area contributed by atoms with Gasteiger partial charge in [-0.25, -0.2) is 4.39 Å². The summed E-state index contributed by atoms with van der Waals surface area (Å²) >= 11 is 1.92. The van der Waals surface area contributed by atoms with Crippen LogP contribution in [0.25, 0.3) is 0 Å². The number of aliphatic hydroxyl groups excluding tert-OH is 1. The van der Waals surface area contributed by atoms with E-state index in [1.165, 1.54) is 18.2 Å². The van der Waals surface area contributed by atoms with Crippen molar-refractivity contribution in [2.75, 3.05) is 6.54 Å². The summed E-state index contributed by atoms with van der Waals surface area (Å²) < 4.78 is 13.6. The van der Waals surface area contributed by atoms with Gasteiger partial charge in [0.05, 0.1) is 11.7 Å². The van der Waals surface area contributed by atoms with Crippen LogP contribution >= 0.6 is 22.6 Å². The lowest BCUT2D eigenvalue weighted by atomic mass is 10.0. The summed E-state index contributed by atoms with van der Waals surface area (Å²) in [5.74, 6) is -0.705. The fourth-order valence-electron chi connectivity index (χ4n) is 2.28. The summed E-state index contributed by atoms with van der Waals surface area (Å²) in [6.45, 7) is 4.03. The molecule has 5 heteroatoms. The van der Waals surface area contributed by atoms with Gasteiger partial charge in [-0.1, -0.05) is 29.3 Å². The van der Waals surface area contributed by atoms with Gasteiger partial charge in [0.1, 0.15) is 5.82 Å². The molecular formula is C17H17FINO2. The Morgan fingerprint density at radius 2 is 1.86 bits per heavy atom. The third-order valence-electron chi connectivity index (χ3n) is 3.26. The monoisotopic (exact) mass is 413 g/mol. The van der Waals surface area contributed by atoms with E-state index in [4.69, 9.17) is 0 Å². The molecule has 116 valence electrons. The zero-order chi connectivity index (χ0) is 16.3. The molecule has 0 fully saturated rings. The number of rotatable bonds is 4.